The van der Waals surface area contributed by atoms with E-state index in [1.54, 1.807) is 23.6 Å². The van der Waals surface area contributed by atoms with E-state index in [1.165, 1.54) is 11.8 Å². The van der Waals surface area contributed by atoms with Crippen LogP contribution >= 0.6 is 11.8 Å². The van der Waals surface area contributed by atoms with Crippen molar-refractivity contribution in [3.8, 4) is 6.07 Å². The Morgan fingerprint density at radius 2 is 1.93 bits per heavy atom. The van der Waals surface area contributed by atoms with Gasteiger partial charge in [-0.1, -0.05) is 54.2 Å². The Kier molecular flexibility index (Phi) is 5.60. The van der Waals surface area contributed by atoms with Gasteiger partial charge in [0.05, 0.1) is 29.3 Å². The van der Waals surface area contributed by atoms with Gasteiger partial charge in [-0.15, -0.1) is 0 Å². The van der Waals surface area contributed by atoms with E-state index in [-0.39, 0.29) is 23.1 Å². The molecule has 6 nitrogen and oxygen atoms in total. The lowest BCUT2D eigenvalue weighted by Crippen LogP contribution is -2.47. The minimum Gasteiger partial charge on any atom is -0.337 e. The van der Waals surface area contributed by atoms with Crippen molar-refractivity contribution < 1.29 is 4.79 Å². The van der Waals surface area contributed by atoms with E-state index in [1.807, 2.05) is 42.5 Å². The zero-order valence-corrected chi connectivity index (χ0v) is 17.5. The molecule has 0 bridgehead atoms. The van der Waals surface area contributed by atoms with Gasteiger partial charge >= 0.3 is 0 Å². The molecular formula is C23H22N4O2S. The van der Waals surface area contributed by atoms with Gasteiger partial charge in [-0.3, -0.25) is 14.2 Å². The van der Waals surface area contributed by atoms with E-state index in [4.69, 9.17) is 0 Å². The Hall–Kier alpha value is -3.11. The predicted octanol–water partition coefficient (Wildman–Crippen LogP) is 3.35. The van der Waals surface area contributed by atoms with Crippen LogP contribution in [0, 0.1) is 17.2 Å². The summed E-state index contributed by atoms with van der Waals surface area (Å²) in [4.78, 5) is 30.3. The largest absolute Gasteiger partial charge is 0.337 e. The van der Waals surface area contributed by atoms with Gasteiger partial charge < -0.3 is 5.32 Å². The number of aromatic nitrogens is 2. The lowest BCUT2D eigenvalue weighted by atomic mass is 9.98. The predicted molar refractivity (Wildman–Crippen MR) is 117 cm³/mol. The summed E-state index contributed by atoms with van der Waals surface area (Å²) < 4.78 is 1.61. The van der Waals surface area contributed by atoms with Crippen LogP contribution in [0.4, 0.5) is 0 Å². The zero-order valence-electron chi connectivity index (χ0n) is 16.7. The number of rotatable bonds is 7. The molecule has 0 unspecified atom stereocenters. The number of nitriles is 1. The van der Waals surface area contributed by atoms with E-state index in [0.717, 1.165) is 18.4 Å². The highest BCUT2D eigenvalue weighted by Crippen LogP contribution is 2.39. The number of fused-ring (bicyclic) bond motifs is 1. The number of hydrogen-bond acceptors (Lipinski definition) is 5. The van der Waals surface area contributed by atoms with Gasteiger partial charge in [-0.2, -0.15) is 5.26 Å². The maximum atomic E-state index is 13.1. The summed E-state index contributed by atoms with van der Waals surface area (Å²) in [5.41, 5.74) is 0.619. The third kappa shape index (κ3) is 4.24. The number of thioether (sulfide) groups is 1. The summed E-state index contributed by atoms with van der Waals surface area (Å²) in [6.45, 7) is 2.15. The van der Waals surface area contributed by atoms with Gasteiger partial charge in [0.2, 0.25) is 5.91 Å². The molecule has 1 amide bonds. The zero-order chi connectivity index (χ0) is 21.1. The molecule has 1 aromatic heterocycles. The van der Waals surface area contributed by atoms with Gasteiger partial charge in [0.25, 0.3) is 5.56 Å². The van der Waals surface area contributed by atoms with Gasteiger partial charge in [-0.25, -0.2) is 4.98 Å². The molecule has 4 rings (SSSR count). The van der Waals surface area contributed by atoms with E-state index >= 15 is 0 Å². The highest BCUT2D eigenvalue weighted by Gasteiger charge is 2.42. The molecule has 0 spiro atoms. The molecule has 1 saturated carbocycles. The number of hydrogen-bond donors (Lipinski definition) is 1. The first-order chi connectivity index (χ1) is 14.5. The lowest BCUT2D eigenvalue weighted by Gasteiger charge is -2.22. The normalized spacial score (nSPS) is 15.3. The number of carbonyl (C=O) groups is 1. The van der Waals surface area contributed by atoms with Crippen LogP contribution < -0.4 is 10.9 Å². The molecule has 0 radical (unpaired) electrons. The minimum atomic E-state index is -0.835. The molecule has 1 aliphatic carbocycles. The second-order valence-electron chi connectivity index (χ2n) is 7.71. The maximum absolute atomic E-state index is 13.1. The van der Waals surface area contributed by atoms with Crippen LogP contribution in [-0.4, -0.2) is 26.8 Å². The number of para-hydroxylation sites is 1. The van der Waals surface area contributed by atoms with Crippen molar-refractivity contribution in [1.29, 1.82) is 5.26 Å². The molecule has 0 aliphatic heterocycles. The minimum absolute atomic E-state index is 0.0869. The van der Waals surface area contributed by atoms with Gasteiger partial charge in [-0.05, 0) is 43.4 Å². The molecule has 1 N–H and O–H groups in total. The molecule has 3 aromatic rings. The van der Waals surface area contributed by atoms with Crippen molar-refractivity contribution in [2.75, 3.05) is 5.75 Å². The van der Waals surface area contributed by atoms with Crippen LogP contribution in [0.15, 0.2) is 64.5 Å². The number of benzene rings is 2. The Balaban J connectivity index is 1.60. The van der Waals surface area contributed by atoms with Crippen LogP contribution in [0.2, 0.25) is 0 Å². The molecule has 30 heavy (non-hydrogen) atoms. The first kappa shape index (κ1) is 20.2. The number of nitrogens with one attached hydrogen (secondary N) is 1. The fraction of sp³-hybridized carbons (Fsp3) is 0.304. The summed E-state index contributed by atoms with van der Waals surface area (Å²) in [5.74, 6) is 0.0694. The Morgan fingerprint density at radius 3 is 2.63 bits per heavy atom. The third-order valence-electron chi connectivity index (χ3n) is 5.37. The molecular weight excluding hydrogens is 396 g/mol. The summed E-state index contributed by atoms with van der Waals surface area (Å²) in [6, 6.07) is 19.1. The summed E-state index contributed by atoms with van der Waals surface area (Å²) in [6.07, 6.45) is 1.92. The second kappa shape index (κ2) is 8.33. The summed E-state index contributed by atoms with van der Waals surface area (Å²) in [7, 11) is 0. The van der Waals surface area contributed by atoms with Crippen LogP contribution in [-0.2, 0) is 11.3 Å². The fourth-order valence-corrected chi connectivity index (χ4v) is 4.30. The van der Waals surface area contributed by atoms with E-state index in [2.05, 4.69) is 16.4 Å². The van der Waals surface area contributed by atoms with Crippen LogP contribution in [0.25, 0.3) is 10.9 Å². The van der Waals surface area contributed by atoms with E-state index in [0.29, 0.717) is 22.6 Å². The smallest absolute Gasteiger partial charge is 0.262 e. The molecule has 152 valence electrons. The quantitative estimate of drug-likeness (QED) is 0.470. The lowest BCUT2D eigenvalue weighted by molar-refractivity contribution is -0.119. The number of amides is 1. The van der Waals surface area contributed by atoms with Crippen LogP contribution in [0.3, 0.4) is 0 Å². The third-order valence-corrected chi connectivity index (χ3v) is 6.34. The molecule has 0 saturated heterocycles. The van der Waals surface area contributed by atoms with Crippen LogP contribution in [0.5, 0.6) is 0 Å². The highest BCUT2D eigenvalue weighted by atomic mass is 32.2. The molecule has 1 aliphatic rings. The van der Waals surface area contributed by atoms with Crippen molar-refractivity contribution in [3.05, 3.63) is 70.5 Å². The topological polar surface area (TPSA) is 87.8 Å². The Labute approximate surface area is 178 Å². The first-order valence-electron chi connectivity index (χ1n) is 9.89. The van der Waals surface area contributed by atoms with Gasteiger partial charge in [0.15, 0.2) is 5.16 Å². The van der Waals surface area contributed by atoms with Crippen molar-refractivity contribution >= 4 is 28.6 Å². The van der Waals surface area contributed by atoms with Crippen molar-refractivity contribution in [3.63, 3.8) is 0 Å². The molecule has 1 heterocycles. The highest BCUT2D eigenvalue weighted by molar-refractivity contribution is 7.99. The van der Waals surface area contributed by atoms with Crippen molar-refractivity contribution in [2.45, 2.75) is 37.0 Å². The number of nitrogens with zero attached hydrogens (tertiary/aromatic N) is 3. The average Bonchev–Trinajstić information content (AvgIpc) is 3.61. The van der Waals surface area contributed by atoms with Gasteiger partial charge in [0.1, 0.15) is 5.54 Å². The summed E-state index contributed by atoms with van der Waals surface area (Å²) in [5, 5.41) is 13.4. The second-order valence-corrected chi connectivity index (χ2v) is 8.66. The van der Waals surface area contributed by atoms with E-state index < -0.39 is 5.54 Å². The van der Waals surface area contributed by atoms with E-state index in [9.17, 15) is 14.9 Å². The standard InChI is InChI=1S/C23H22N4O2S/c1-23(15-24,17-11-12-17)26-20(28)14-30-22-25-19-10-6-5-9-18(19)21(29)27(22)13-16-7-3-2-4-8-16/h2-10,17H,11-14H2,1H3,(H,26,28)/t23-/m0/s1. The Morgan fingerprint density at radius 1 is 1.23 bits per heavy atom. The SMILES string of the molecule is C[C@@](C#N)(NC(=O)CSc1nc2ccccc2c(=O)n1Cc1ccccc1)C1CC1. The van der Waals surface area contributed by atoms with Crippen LogP contribution in [0.1, 0.15) is 25.3 Å². The molecule has 2 aromatic carbocycles. The Bertz CT molecular complexity index is 1180. The first-order valence-corrected chi connectivity index (χ1v) is 10.9. The molecule has 7 heteroatoms. The molecule has 1 atom stereocenters. The molecule has 1 fully saturated rings. The maximum Gasteiger partial charge on any atom is 0.262 e. The average molecular weight is 419 g/mol. The van der Waals surface area contributed by atoms with Crippen molar-refractivity contribution in [1.82, 2.24) is 14.9 Å². The van der Waals surface area contributed by atoms with Crippen molar-refractivity contribution in [2.24, 2.45) is 5.92 Å². The summed E-state index contributed by atoms with van der Waals surface area (Å²) >= 11 is 1.22. The monoisotopic (exact) mass is 418 g/mol. The van der Waals surface area contributed by atoms with Gasteiger partial charge in [0, 0.05) is 0 Å². The fourth-order valence-electron chi connectivity index (χ4n) is 3.50. The number of carbonyl (C=O) groups excluding carboxylic acids is 1.